The maximum absolute atomic E-state index is 5.35. The van der Waals surface area contributed by atoms with Gasteiger partial charge in [-0.05, 0) is 24.2 Å². The Morgan fingerprint density at radius 1 is 1.38 bits per heavy atom. The molecule has 0 saturated heterocycles. The van der Waals surface area contributed by atoms with Crippen LogP contribution in [0.2, 0.25) is 0 Å². The van der Waals surface area contributed by atoms with Crippen molar-refractivity contribution in [1.29, 1.82) is 0 Å². The van der Waals surface area contributed by atoms with Crippen LogP contribution in [0.1, 0.15) is 12.5 Å². The third-order valence-electron chi connectivity index (χ3n) is 2.73. The van der Waals surface area contributed by atoms with Gasteiger partial charge in [0, 0.05) is 23.6 Å². The topological polar surface area (TPSA) is 17.0 Å². The van der Waals surface area contributed by atoms with E-state index in [0.29, 0.717) is 6.54 Å². The van der Waals surface area contributed by atoms with Crippen molar-refractivity contribution < 1.29 is 0 Å². The van der Waals surface area contributed by atoms with Crippen LogP contribution >= 0.6 is 0 Å². The monoisotopic (exact) mass is 212 g/mol. The fourth-order valence-corrected chi connectivity index (χ4v) is 1.94. The van der Waals surface area contributed by atoms with Crippen LogP contribution in [0, 0.1) is 12.3 Å². The number of hydrogen-bond donors (Lipinski definition) is 1. The van der Waals surface area contributed by atoms with E-state index in [1.807, 2.05) is 0 Å². The molecular formula is C14H16N2. The molecule has 0 aliphatic rings. The van der Waals surface area contributed by atoms with E-state index in [4.69, 9.17) is 6.42 Å². The Kier molecular flexibility index (Phi) is 3.28. The molecule has 0 radical (unpaired) electrons. The summed E-state index contributed by atoms with van der Waals surface area (Å²) in [4.78, 5) is 0. The van der Waals surface area contributed by atoms with Crippen molar-refractivity contribution >= 4 is 10.9 Å². The van der Waals surface area contributed by atoms with Gasteiger partial charge < -0.3 is 9.88 Å². The molecule has 0 fully saturated rings. The number of terminal acetylenes is 1. The van der Waals surface area contributed by atoms with Crippen LogP contribution in [-0.2, 0) is 13.1 Å². The largest absolute Gasteiger partial charge is 0.336 e. The molecule has 1 aromatic heterocycles. The molecule has 1 aromatic carbocycles. The zero-order chi connectivity index (χ0) is 11.4. The second-order valence-electron chi connectivity index (χ2n) is 3.78. The lowest BCUT2D eigenvalue weighted by atomic mass is 10.1. The second kappa shape index (κ2) is 4.87. The van der Waals surface area contributed by atoms with E-state index in [1.54, 1.807) is 0 Å². The highest BCUT2D eigenvalue weighted by Gasteiger charge is 2.03. The normalized spacial score (nSPS) is 10.5. The van der Waals surface area contributed by atoms with Gasteiger partial charge >= 0.3 is 0 Å². The Morgan fingerprint density at radius 3 is 3.00 bits per heavy atom. The van der Waals surface area contributed by atoms with E-state index < -0.39 is 0 Å². The van der Waals surface area contributed by atoms with E-state index in [2.05, 4.69) is 53.2 Å². The van der Waals surface area contributed by atoms with Gasteiger partial charge in [-0.3, -0.25) is 0 Å². The van der Waals surface area contributed by atoms with Gasteiger partial charge in [0.2, 0.25) is 0 Å². The molecular weight excluding hydrogens is 196 g/mol. The molecule has 0 spiro atoms. The molecule has 1 N–H and O–H groups in total. The van der Waals surface area contributed by atoms with Crippen LogP contribution in [0.4, 0.5) is 0 Å². The minimum Gasteiger partial charge on any atom is -0.336 e. The summed E-state index contributed by atoms with van der Waals surface area (Å²) in [6.45, 7) is 4.65. The summed E-state index contributed by atoms with van der Waals surface area (Å²) in [6.07, 6.45) is 7.40. The predicted molar refractivity (Wildman–Crippen MR) is 68.2 cm³/mol. The number of rotatable bonds is 4. The standard InChI is InChI=1S/C14H16N2/c1-3-9-16-10-8-13-12(11-15-4-2)6-5-7-14(13)16/h1,5-8,10,15H,4,9,11H2,2H3. The highest BCUT2D eigenvalue weighted by Crippen LogP contribution is 2.20. The molecule has 82 valence electrons. The van der Waals surface area contributed by atoms with Gasteiger partial charge in [0.15, 0.2) is 0 Å². The summed E-state index contributed by atoms with van der Waals surface area (Å²) in [5.41, 5.74) is 2.54. The molecule has 0 aliphatic heterocycles. The lowest BCUT2D eigenvalue weighted by Crippen LogP contribution is -2.11. The average molecular weight is 212 g/mol. The summed E-state index contributed by atoms with van der Waals surface area (Å²) in [6, 6.07) is 8.49. The Labute approximate surface area is 96.3 Å². The van der Waals surface area contributed by atoms with Crippen LogP contribution in [0.25, 0.3) is 10.9 Å². The Morgan fingerprint density at radius 2 is 2.25 bits per heavy atom. The summed E-state index contributed by atoms with van der Waals surface area (Å²) >= 11 is 0. The highest BCUT2D eigenvalue weighted by molar-refractivity contribution is 5.83. The van der Waals surface area contributed by atoms with Crippen LogP contribution in [-0.4, -0.2) is 11.1 Å². The molecule has 0 atom stereocenters. The number of hydrogen-bond acceptors (Lipinski definition) is 1. The van der Waals surface area contributed by atoms with E-state index in [1.165, 1.54) is 16.5 Å². The van der Waals surface area contributed by atoms with Crippen LogP contribution < -0.4 is 5.32 Å². The third kappa shape index (κ3) is 1.95. The van der Waals surface area contributed by atoms with Crippen LogP contribution in [0.3, 0.4) is 0 Å². The first-order valence-corrected chi connectivity index (χ1v) is 5.57. The lowest BCUT2D eigenvalue weighted by Gasteiger charge is -2.05. The van der Waals surface area contributed by atoms with Crippen molar-refractivity contribution in [3.05, 3.63) is 36.0 Å². The maximum atomic E-state index is 5.35. The Balaban J connectivity index is 2.41. The van der Waals surface area contributed by atoms with Gasteiger partial charge in [0.25, 0.3) is 0 Å². The molecule has 0 amide bonds. The maximum Gasteiger partial charge on any atom is 0.0834 e. The van der Waals surface area contributed by atoms with Crippen molar-refractivity contribution in [3.8, 4) is 12.3 Å². The smallest absolute Gasteiger partial charge is 0.0834 e. The Hall–Kier alpha value is -1.72. The first-order valence-electron chi connectivity index (χ1n) is 5.57. The zero-order valence-corrected chi connectivity index (χ0v) is 9.53. The minimum atomic E-state index is 0.633. The second-order valence-corrected chi connectivity index (χ2v) is 3.78. The number of fused-ring (bicyclic) bond motifs is 1. The zero-order valence-electron chi connectivity index (χ0n) is 9.53. The third-order valence-corrected chi connectivity index (χ3v) is 2.73. The minimum absolute atomic E-state index is 0.633. The SMILES string of the molecule is C#CCn1ccc2c(CNCC)cccc21. The van der Waals surface area contributed by atoms with Gasteiger partial charge in [0.05, 0.1) is 6.54 Å². The van der Waals surface area contributed by atoms with Crippen molar-refractivity contribution in [3.63, 3.8) is 0 Å². The number of nitrogens with zero attached hydrogens (tertiary/aromatic N) is 1. The van der Waals surface area contributed by atoms with Gasteiger partial charge in [-0.25, -0.2) is 0 Å². The van der Waals surface area contributed by atoms with E-state index in [9.17, 15) is 0 Å². The van der Waals surface area contributed by atoms with Gasteiger partial charge in [-0.2, -0.15) is 0 Å². The van der Waals surface area contributed by atoms with Gasteiger partial charge in [-0.15, -0.1) is 6.42 Å². The number of nitrogens with one attached hydrogen (secondary N) is 1. The van der Waals surface area contributed by atoms with Gasteiger partial charge in [-0.1, -0.05) is 25.0 Å². The molecule has 0 saturated carbocycles. The highest BCUT2D eigenvalue weighted by atomic mass is 14.9. The van der Waals surface area contributed by atoms with Crippen molar-refractivity contribution in [2.75, 3.05) is 6.54 Å². The molecule has 2 aromatic rings. The summed E-state index contributed by atoms with van der Waals surface area (Å²) < 4.78 is 2.10. The van der Waals surface area contributed by atoms with Gasteiger partial charge in [0.1, 0.15) is 0 Å². The quantitative estimate of drug-likeness (QED) is 0.770. The summed E-state index contributed by atoms with van der Waals surface area (Å²) in [5, 5.41) is 4.64. The number of benzene rings is 1. The van der Waals surface area contributed by atoms with E-state index in [-0.39, 0.29) is 0 Å². The molecule has 0 bridgehead atoms. The number of aromatic nitrogens is 1. The molecule has 0 unspecified atom stereocenters. The summed E-state index contributed by atoms with van der Waals surface area (Å²) in [7, 11) is 0. The van der Waals surface area contributed by atoms with Crippen LogP contribution in [0.15, 0.2) is 30.5 Å². The first-order chi connectivity index (χ1) is 7.86. The molecule has 16 heavy (non-hydrogen) atoms. The van der Waals surface area contributed by atoms with E-state index >= 15 is 0 Å². The van der Waals surface area contributed by atoms with Crippen molar-refractivity contribution in [2.24, 2.45) is 0 Å². The fraction of sp³-hybridized carbons (Fsp3) is 0.286. The first kappa shape index (κ1) is 10.8. The molecule has 2 heteroatoms. The molecule has 2 nitrogen and oxygen atoms in total. The predicted octanol–water partition coefficient (Wildman–Crippen LogP) is 2.38. The van der Waals surface area contributed by atoms with Crippen molar-refractivity contribution in [2.45, 2.75) is 20.0 Å². The average Bonchev–Trinajstić information content (AvgIpc) is 2.71. The summed E-state index contributed by atoms with van der Waals surface area (Å²) in [5.74, 6) is 2.67. The molecule has 0 aliphatic carbocycles. The fourth-order valence-electron chi connectivity index (χ4n) is 1.94. The van der Waals surface area contributed by atoms with E-state index in [0.717, 1.165) is 13.1 Å². The van der Waals surface area contributed by atoms with Crippen LogP contribution in [0.5, 0.6) is 0 Å². The molecule has 2 rings (SSSR count). The Bertz CT molecular complexity index is 517. The molecule has 1 heterocycles. The lowest BCUT2D eigenvalue weighted by molar-refractivity contribution is 0.730. The van der Waals surface area contributed by atoms with Crippen molar-refractivity contribution in [1.82, 2.24) is 9.88 Å².